The minimum Gasteiger partial charge on any atom is -0.412 e. The molecule has 0 bridgehead atoms. The molecule has 1 aromatic rings. The Kier molecular flexibility index (Phi) is 2.37. The molecule has 0 aromatic carbocycles. The third-order valence-electron chi connectivity index (χ3n) is 3.11. The van der Waals surface area contributed by atoms with Crippen molar-refractivity contribution in [3.8, 4) is 0 Å². The number of oxazole rings is 1. The summed E-state index contributed by atoms with van der Waals surface area (Å²) < 4.78 is 7.16. The summed E-state index contributed by atoms with van der Waals surface area (Å²) in [6.07, 6.45) is 3.02. The molecule has 0 unspecified atom stereocenters. The lowest BCUT2D eigenvalue weighted by molar-refractivity contribution is 0.355. The Balaban J connectivity index is 2.74. The minimum atomic E-state index is -0.237. The first kappa shape index (κ1) is 11.2. The highest BCUT2D eigenvalue weighted by molar-refractivity contribution is 5.56. The molecule has 2 rings (SSSR count). The van der Waals surface area contributed by atoms with Crippen molar-refractivity contribution >= 4 is 6.08 Å². The van der Waals surface area contributed by atoms with Crippen LogP contribution in [0.3, 0.4) is 0 Å². The van der Waals surface area contributed by atoms with Crippen LogP contribution in [-0.4, -0.2) is 4.57 Å². The summed E-state index contributed by atoms with van der Waals surface area (Å²) in [6, 6.07) is 0.137. The summed E-state index contributed by atoms with van der Waals surface area (Å²) in [4.78, 5) is 11.8. The van der Waals surface area contributed by atoms with Crippen LogP contribution >= 0.6 is 0 Å². The van der Waals surface area contributed by atoms with Gasteiger partial charge >= 0.3 is 5.76 Å². The Bertz CT molecular complexity index is 500. The summed E-state index contributed by atoms with van der Waals surface area (Å²) in [5, 5.41) is 0. The third kappa shape index (κ3) is 1.55. The molecule has 0 fully saturated rings. The summed E-state index contributed by atoms with van der Waals surface area (Å²) in [5.74, 6) is 0.593. The van der Waals surface area contributed by atoms with Crippen LogP contribution in [0.25, 0.3) is 6.08 Å². The van der Waals surface area contributed by atoms with Crippen molar-refractivity contribution in [2.24, 2.45) is 0 Å². The highest BCUT2D eigenvalue weighted by atomic mass is 16.4. The van der Waals surface area contributed by atoms with Crippen LogP contribution in [0.2, 0.25) is 0 Å². The van der Waals surface area contributed by atoms with Crippen molar-refractivity contribution < 1.29 is 4.42 Å². The first-order valence-electron chi connectivity index (χ1n) is 5.76. The van der Waals surface area contributed by atoms with E-state index >= 15 is 0 Å². The first-order valence-corrected chi connectivity index (χ1v) is 5.76. The molecule has 0 spiro atoms. The van der Waals surface area contributed by atoms with E-state index in [0.29, 0.717) is 0 Å². The van der Waals surface area contributed by atoms with E-state index in [1.807, 2.05) is 13.8 Å². The zero-order chi connectivity index (χ0) is 12.1. The predicted molar refractivity (Wildman–Crippen MR) is 64.6 cm³/mol. The summed E-state index contributed by atoms with van der Waals surface area (Å²) >= 11 is 0. The number of rotatable bonds is 1. The number of fused-ring (bicyclic) bond motifs is 1. The standard InChI is InChI=1S/C13H19NO2/c1-8(2)14-10-6-9(3)7-13(4,5)11(10)16-12(14)15/h6,8H,7H2,1-5H3. The monoisotopic (exact) mass is 221 g/mol. The van der Waals surface area contributed by atoms with Crippen molar-refractivity contribution in [2.45, 2.75) is 52.5 Å². The van der Waals surface area contributed by atoms with Gasteiger partial charge in [-0.2, -0.15) is 0 Å². The maximum atomic E-state index is 11.8. The number of hydrogen-bond donors (Lipinski definition) is 0. The Morgan fingerprint density at radius 2 is 2.06 bits per heavy atom. The van der Waals surface area contributed by atoms with Crippen molar-refractivity contribution in [3.05, 3.63) is 27.6 Å². The van der Waals surface area contributed by atoms with E-state index < -0.39 is 0 Å². The van der Waals surface area contributed by atoms with Crippen LogP contribution < -0.4 is 5.76 Å². The fraction of sp³-hybridized carbons (Fsp3) is 0.615. The smallest absolute Gasteiger partial charge is 0.412 e. The summed E-state index contributed by atoms with van der Waals surface area (Å²) in [6.45, 7) is 10.3. The lowest BCUT2D eigenvalue weighted by Crippen LogP contribution is -2.22. The molecule has 1 heterocycles. The van der Waals surface area contributed by atoms with E-state index in [4.69, 9.17) is 4.42 Å². The van der Waals surface area contributed by atoms with Crippen molar-refractivity contribution in [3.63, 3.8) is 0 Å². The van der Waals surface area contributed by atoms with Gasteiger partial charge in [0.2, 0.25) is 0 Å². The molecule has 0 amide bonds. The van der Waals surface area contributed by atoms with Gasteiger partial charge in [-0.05, 0) is 33.3 Å². The zero-order valence-electron chi connectivity index (χ0n) is 10.6. The van der Waals surface area contributed by atoms with Crippen LogP contribution in [0.5, 0.6) is 0 Å². The van der Waals surface area contributed by atoms with Crippen LogP contribution in [0.4, 0.5) is 0 Å². The molecule has 1 aliphatic rings. The van der Waals surface area contributed by atoms with Crippen LogP contribution in [-0.2, 0) is 5.41 Å². The maximum absolute atomic E-state index is 11.8. The highest BCUT2D eigenvalue weighted by Crippen LogP contribution is 2.38. The SMILES string of the molecule is CC1=Cc2c(oc(=O)n2C(C)C)C(C)(C)C1. The lowest BCUT2D eigenvalue weighted by Gasteiger charge is -2.27. The quantitative estimate of drug-likeness (QED) is 0.730. The predicted octanol–water partition coefficient (Wildman–Crippen LogP) is 3.11. The molecule has 16 heavy (non-hydrogen) atoms. The molecule has 0 saturated carbocycles. The number of hydrogen-bond acceptors (Lipinski definition) is 2. The highest BCUT2D eigenvalue weighted by Gasteiger charge is 2.34. The minimum absolute atomic E-state index is 0.0759. The molecular weight excluding hydrogens is 202 g/mol. The maximum Gasteiger partial charge on any atom is 0.419 e. The summed E-state index contributed by atoms with van der Waals surface area (Å²) in [5.41, 5.74) is 2.18. The Morgan fingerprint density at radius 1 is 1.44 bits per heavy atom. The largest absolute Gasteiger partial charge is 0.419 e. The van der Waals surface area contributed by atoms with Crippen LogP contribution in [0.1, 0.15) is 58.5 Å². The normalized spacial score (nSPS) is 18.5. The fourth-order valence-electron chi connectivity index (χ4n) is 2.57. The van der Waals surface area contributed by atoms with Gasteiger partial charge in [0, 0.05) is 11.5 Å². The molecule has 1 aliphatic carbocycles. The van der Waals surface area contributed by atoms with Crippen molar-refractivity contribution in [2.75, 3.05) is 0 Å². The second-order valence-electron chi connectivity index (χ2n) is 5.60. The van der Waals surface area contributed by atoms with Crippen molar-refractivity contribution in [1.82, 2.24) is 4.57 Å². The van der Waals surface area contributed by atoms with Crippen LogP contribution in [0.15, 0.2) is 14.8 Å². The lowest BCUT2D eigenvalue weighted by atomic mass is 9.79. The number of aromatic nitrogens is 1. The van der Waals surface area contributed by atoms with E-state index in [2.05, 4.69) is 26.8 Å². The topological polar surface area (TPSA) is 35.1 Å². The second kappa shape index (κ2) is 3.37. The Hall–Kier alpha value is -1.25. The number of allylic oxidation sites excluding steroid dienone is 1. The Labute approximate surface area is 95.8 Å². The van der Waals surface area contributed by atoms with E-state index in [1.165, 1.54) is 5.57 Å². The average molecular weight is 221 g/mol. The molecular formula is C13H19NO2. The van der Waals surface area contributed by atoms with Crippen LogP contribution in [0, 0.1) is 0 Å². The van der Waals surface area contributed by atoms with Gasteiger partial charge in [0.15, 0.2) is 0 Å². The first-order chi connectivity index (χ1) is 7.33. The second-order valence-corrected chi connectivity index (χ2v) is 5.60. The molecule has 3 nitrogen and oxygen atoms in total. The van der Waals surface area contributed by atoms with Gasteiger partial charge in [-0.3, -0.25) is 4.57 Å². The van der Waals surface area contributed by atoms with Gasteiger partial charge in [-0.15, -0.1) is 0 Å². The average Bonchev–Trinajstić information content (AvgIpc) is 2.40. The van der Waals surface area contributed by atoms with Gasteiger partial charge in [-0.1, -0.05) is 19.4 Å². The number of nitrogens with zero attached hydrogens (tertiary/aromatic N) is 1. The third-order valence-corrected chi connectivity index (χ3v) is 3.11. The van der Waals surface area contributed by atoms with Gasteiger partial charge in [0.1, 0.15) is 5.76 Å². The van der Waals surface area contributed by atoms with Gasteiger partial charge in [0.25, 0.3) is 0 Å². The fourth-order valence-corrected chi connectivity index (χ4v) is 2.57. The molecule has 0 aliphatic heterocycles. The van der Waals surface area contributed by atoms with Crippen molar-refractivity contribution in [1.29, 1.82) is 0 Å². The molecule has 3 heteroatoms. The molecule has 1 aromatic heterocycles. The molecule has 0 saturated heterocycles. The molecule has 0 N–H and O–H groups in total. The van der Waals surface area contributed by atoms with E-state index in [9.17, 15) is 4.79 Å². The molecule has 0 atom stereocenters. The molecule has 0 radical (unpaired) electrons. The van der Waals surface area contributed by atoms with Gasteiger partial charge in [0.05, 0.1) is 5.69 Å². The van der Waals surface area contributed by atoms with E-state index in [-0.39, 0.29) is 17.2 Å². The van der Waals surface area contributed by atoms with Gasteiger partial charge < -0.3 is 4.42 Å². The molecule has 88 valence electrons. The van der Waals surface area contributed by atoms with E-state index in [1.54, 1.807) is 4.57 Å². The van der Waals surface area contributed by atoms with Gasteiger partial charge in [-0.25, -0.2) is 4.79 Å². The Morgan fingerprint density at radius 3 is 2.62 bits per heavy atom. The summed E-state index contributed by atoms with van der Waals surface area (Å²) in [7, 11) is 0. The zero-order valence-corrected chi connectivity index (χ0v) is 10.6. The van der Waals surface area contributed by atoms with E-state index in [0.717, 1.165) is 17.9 Å².